The number of benzene rings is 1. The molecule has 2 heterocycles. The lowest BCUT2D eigenvalue weighted by molar-refractivity contribution is 0.329. The maximum atomic E-state index is 5.33. The van der Waals surface area contributed by atoms with Gasteiger partial charge in [-0.2, -0.15) is 0 Å². The molecule has 0 amide bonds. The summed E-state index contributed by atoms with van der Waals surface area (Å²) in [5.74, 6) is 2.46. The van der Waals surface area contributed by atoms with Crippen LogP contribution in [0, 0.1) is 5.92 Å². The zero-order chi connectivity index (χ0) is 11.7. The molecule has 3 heteroatoms. The van der Waals surface area contributed by atoms with Gasteiger partial charge in [-0.05, 0) is 55.6 Å². The molecule has 0 aliphatic carbocycles. The molecule has 2 N–H and O–H groups in total. The van der Waals surface area contributed by atoms with Gasteiger partial charge in [0.15, 0.2) is 0 Å². The second-order valence-corrected chi connectivity index (χ2v) is 5.03. The van der Waals surface area contributed by atoms with Gasteiger partial charge < -0.3 is 15.4 Å². The molecule has 1 fully saturated rings. The quantitative estimate of drug-likeness (QED) is 0.820. The lowest BCUT2D eigenvalue weighted by atomic mass is 9.81. The molecule has 92 valence electrons. The number of fused-ring (bicyclic) bond motifs is 1. The summed E-state index contributed by atoms with van der Waals surface area (Å²) in [4.78, 5) is 0. The number of hydrogen-bond acceptors (Lipinski definition) is 3. The molecule has 0 radical (unpaired) electrons. The lowest BCUT2D eigenvalue weighted by Crippen LogP contribution is -2.31. The molecule has 0 spiro atoms. The molecule has 2 aliphatic rings. The molecule has 3 rings (SSSR count). The molecule has 1 aromatic rings. The standard InChI is InChI=1S/C14H20N2O/c1-17-11-2-3-14-12(8-11)13(9-16-14)10-4-6-15-7-5-10/h2-3,8,10,13,15-16H,4-7,9H2,1H3. The average molecular weight is 232 g/mol. The summed E-state index contributed by atoms with van der Waals surface area (Å²) in [5, 5.41) is 6.96. The monoisotopic (exact) mass is 232 g/mol. The number of rotatable bonds is 2. The number of piperidine rings is 1. The first kappa shape index (κ1) is 10.9. The Bertz CT molecular complexity index is 399. The fraction of sp³-hybridized carbons (Fsp3) is 0.571. The van der Waals surface area contributed by atoms with Crippen LogP contribution in [0.1, 0.15) is 24.3 Å². The van der Waals surface area contributed by atoms with Gasteiger partial charge in [0.1, 0.15) is 5.75 Å². The van der Waals surface area contributed by atoms with Crippen molar-refractivity contribution in [1.29, 1.82) is 0 Å². The second kappa shape index (κ2) is 4.57. The van der Waals surface area contributed by atoms with E-state index in [1.54, 1.807) is 7.11 Å². The molecule has 1 saturated heterocycles. The van der Waals surface area contributed by atoms with Gasteiger partial charge >= 0.3 is 0 Å². The summed E-state index contributed by atoms with van der Waals surface area (Å²) in [6.07, 6.45) is 2.59. The van der Waals surface area contributed by atoms with Gasteiger partial charge in [-0.3, -0.25) is 0 Å². The normalized spacial score (nSPS) is 24.2. The number of nitrogens with one attached hydrogen (secondary N) is 2. The number of hydrogen-bond donors (Lipinski definition) is 2. The van der Waals surface area contributed by atoms with E-state index in [1.165, 1.54) is 37.2 Å². The Kier molecular flexibility index (Phi) is 2.93. The van der Waals surface area contributed by atoms with Crippen molar-refractivity contribution >= 4 is 5.69 Å². The van der Waals surface area contributed by atoms with E-state index in [2.05, 4.69) is 22.8 Å². The van der Waals surface area contributed by atoms with Crippen LogP contribution in [0.3, 0.4) is 0 Å². The van der Waals surface area contributed by atoms with Crippen molar-refractivity contribution in [2.75, 3.05) is 32.1 Å². The van der Waals surface area contributed by atoms with E-state index in [4.69, 9.17) is 4.74 Å². The van der Waals surface area contributed by atoms with Gasteiger partial charge in [-0.1, -0.05) is 0 Å². The van der Waals surface area contributed by atoms with E-state index in [1.807, 2.05) is 6.07 Å². The molecule has 1 atom stereocenters. The topological polar surface area (TPSA) is 33.3 Å². The van der Waals surface area contributed by atoms with Crippen LogP contribution in [0.4, 0.5) is 5.69 Å². The van der Waals surface area contributed by atoms with Crippen molar-refractivity contribution in [3.63, 3.8) is 0 Å². The Balaban J connectivity index is 1.85. The molecule has 1 unspecified atom stereocenters. The fourth-order valence-corrected chi connectivity index (χ4v) is 3.13. The third-order valence-corrected chi connectivity index (χ3v) is 4.12. The van der Waals surface area contributed by atoms with Crippen molar-refractivity contribution in [1.82, 2.24) is 5.32 Å². The Hall–Kier alpha value is -1.22. The highest BCUT2D eigenvalue weighted by Crippen LogP contribution is 2.41. The largest absolute Gasteiger partial charge is 0.497 e. The van der Waals surface area contributed by atoms with Crippen molar-refractivity contribution < 1.29 is 4.74 Å². The number of ether oxygens (including phenoxy) is 1. The van der Waals surface area contributed by atoms with Gasteiger partial charge in [-0.25, -0.2) is 0 Å². The first-order valence-corrected chi connectivity index (χ1v) is 6.51. The highest BCUT2D eigenvalue weighted by atomic mass is 16.5. The van der Waals surface area contributed by atoms with Crippen LogP contribution in [0.5, 0.6) is 5.75 Å². The van der Waals surface area contributed by atoms with Crippen molar-refractivity contribution in [3.05, 3.63) is 23.8 Å². The maximum absolute atomic E-state index is 5.33. The highest BCUT2D eigenvalue weighted by Gasteiger charge is 2.30. The first-order chi connectivity index (χ1) is 8.38. The molecule has 1 aromatic carbocycles. The minimum atomic E-state index is 0.669. The van der Waals surface area contributed by atoms with E-state index in [9.17, 15) is 0 Å². The molecular formula is C14H20N2O. The van der Waals surface area contributed by atoms with E-state index in [-0.39, 0.29) is 0 Å². The maximum Gasteiger partial charge on any atom is 0.119 e. The van der Waals surface area contributed by atoms with Gasteiger partial charge in [0, 0.05) is 18.2 Å². The van der Waals surface area contributed by atoms with E-state index >= 15 is 0 Å². The van der Waals surface area contributed by atoms with Gasteiger partial charge in [-0.15, -0.1) is 0 Å². The molecule has 17 heavy (non-hydrogen) atoms. The minimum absolute atomic E-state index is 0.669. The van der Waals surface area contributed by atoms with Crippen molar-refractivity contribution in [2.45, 2.75) is 18.8 Å². The van der Waals surface area contributed by atoms with Gasteiger partial charge in [0.25, 0.3) is 0 Å². The SMILES string of the molecule is COc1ccc2c(c1)C(C1CCNCC1)CN2. The molecule has 0 aromatic heterocycles. The predicted molar refractivity (Wildman–Crippen MR) is 69.8 cm³/mol. The molecule has 3 nitrogen and oxygen atoms in total. The smallest absolute Gasteiger partial charge is 0.119 e. The molecule has 0 bridgehead atoms. The summed E-state index contributed by atoms with van der Waals surface area (Å²) < 4.78 is 5.33. The number of methoxy groups -OCH3 is 1. The lowest BCUT2D eigenvalue weighted by Gasteiger charge is -2.28. The van der Waals surface area contributed by atoms with Crippen molar-refractivity contribution in [3.8, 4) is 5.75 Å². The van der Waals surface area contributed by atoms with E-state index in [0.29, 0.717) is 5.92 Å². The van der Waals surface area contributed by atoms with Crippen molar-refractivity contribution in [2.24, 2.45) is 5.92 Å². The van der Waals surface area contributed by atoms with Crippen LogP contribution in [0.2, 0.25) is 0 Å². The van der Waals surface area contributed by atoms with Gasteiger partial charge in [0.2, 0.25) is 0 Å². The Morgan fingerprint density at radius 1 is 1.24 bits per heavy atom. The molecular weight excluding hydrogens is 212 g/mol. The van der Waals surface area contributed by atoms with E-state index in [0.717, 1.165) is 18.2 Å². The highest BCUT2D eigenvalue weighted by molar-refractivity contribution is 5.60. The molecule has 0 saturated carbocycles. The average Bonchev–Trinajstić information content (AvgIpc) is 2.82. The molecule has 2 aliphatic heterocycles. The summed E-state index contributed by atoms with van der Waals surface area (Å²) in [7, 11) is 1.74. The van der Waals surface area contributed by atoms with Crippen LogP contribution in [-0.4, -0.2) is 26.7 Å². The van der Waals surface area contributed by atoms with Crippen LogP contribution in [0.25, 0.3) is 0 Å². The minimum Gasteiger partial charge on any atom is -0.497 e. The summed E-state index contributed by atoms with van der Waals surface area (Å²) >= 11 is 0. The Labute approximate surface area is 103 Å². The Morgan fingerprint density at radius 2 is 2.06 bits per heavy atom. The zero-order valence-corrected chi connectivity index (χ0v) is 10.3. The summed E-state index contributed by atoms with van der Waals surface area (Å²) in [5.41, 5.74) is 2.76. The fourth-order valence-electron chi connectivity index (χ4n) is 3.13. The van der Waals surface area contributed by atoms with Crippen LogP contribution in [0.15, 0.2) is 18.2 Å². The summed E-state index contributed by atoms with van der Waals surface area (Å²) in [6.45, 7) is 3.42. The third kappa shape index (κ3) is 2.00. The number of anilines is 1. The van der Waals surface area contributed by atoms with Crippen LogP contribution < -0.4 is 15.4 Å². The van der Waals surface area contributed by atoms with Crippen LogP contribution >= 0.6 is 0 Å². The zero-order valence-electron chi connectivity index (χ0n) is 10.3. The predicted octanol–water partition coefficient (Wildman–Crippen LogP) is 2.20. The Morgan fingerprint density at radius 3 is 2.82 bits per heavy atom. The first-order valence-electron chi connectivity index (χ1n) is 6.51. The second-order valence-electron chi connectivity index (χ2n) is 5.03. The van der Waals surface area contributed by atoms with E-state index < -0.39 is 0 Å². The van der Waals surface area contributed by atoms with Gasteiger partial charge in [0.05, 0.1) is 7.11 Å². The summed E-state index contributed by atoms with van der Waals surface area (Å²) in [6, 6.07) is 6.40. The van der Waals surface area contributed by atoms with Crippen LogP contribution in [-0.2, 0) is 0 Å². The third-order valence-electron chi connectivity index (χ3n) is 4.12.